The lowest BCUT2D eigenvalue weighted by Gasteiger charge is -2.36. The molecular weight excluding hydrogens is 770 g/mol. The Morgan fingerprint density at radius 1 is 0.900 bits per heavy atom. The third kappa shape index (κ3) is 9.37. The van der Waals surface area contributed by atoms with E-state index in [1.54, 1.807) is 12.1 Å². The van der Waals surface area contributed by atoms with Crippen LogP contribution < -0.4 is 20.3 Å². The van der Waals surface area contributed by atoms with Gasteiger partial charge in [0.25, 0.3) is 17.7 Å². The van der Waals surface area contributed by atoms with Gasteiger partial charge in [-0.15, -0.1) is 0 Å². The van der Waals surface area contributed by atoms with Gasteiger partial charge < -0.3 is 24.8 Å². The number of nitrogens with one attached hydrogen (secondary N) is 2. The number of fused-ring (bicyclic) bond motifs is 1. The van der Waals surface area contributed by atoms with Gasteiger partial charge in [0.2, 0.25) is 17.7 Å². The van der Waals surface area contributed by atoms with E-state index in [1.807, 2.05) is 17.9 Å². The SMILES string of the molecule is Cc1cccc(F)c1CN1C[C@H](c2ccc(N3CCN(C(=O)CCCCCNC(=O)COc4cccc5c4C(=O)N(C4CCC(=O)NC4=O)C5=O)CC3)cc2)[C@@H](N(C)C)C1. The first-order valence-corrected chi connectivity index (χ1v) is 20.9. The molecule has 3 aromatic rings. The number of halogens is 1. The van der Waals surface area contributed by atoms with Gasteiger partial charge in [-0.2, -0.15) is 0 Å². The molecule has 4 aliphatic rings. The van der Waals surface area contributed by atoms with Crippen molar-refractivity contribution in [3.63, 3.8) is 0 Å². The molecule has 0 spiro atoms. The Morgan fingerprint density at radius 3 is 2.37 bits per heavy atom. The summed E-state index contributed by atoms with van der Waals surface area (Å²) in [5.74, 6) is -2.55. The maximum absolute atomic E-state index is 14.6. The summed E-state index contributed by atoms with van der Waals surface area (Å²) < 4.78 is 20.3. The lowest BCUT2D eigenvalue weighted by Crippen LogP contribution is -2.54. The highest BCUT2D eigenvalue weighted by molar-refractivity contribution is 6.24. The molecule has 318 valence electrons. The highest BCUT2D eigenvalue weighted by Gasteiger charge is 2.46. The van der Waals surface area contributed by atoms with Gasteiger partial charge in [0.15, 0.2) is 6.61 Å². The molecule has 4 heterocycles. The zero-order valence-electron chi connectivity index (χ0n) is 34.6. The largest absolute Gasteiger partial charge is 0.483 e. The number of unbranched alkanes of at least 4 members (excludes halogenated alkanes) is 2. The fourth-order valence-corrected chi connectivity index (χ4v) is 8.85. The molecule has 1 unspecified atom stereocenters. The van der Waals surface area contributed by atoms with Crippen molar-refractivity contribution in [3.05, 3.63) is 94.3 Å². The minimum Gasteiger partial charge on any atom is -0.483 e. The lowest BCUT2D eigenvalue weighted by atomic mass is 9.93. The van der Waals surface area contributed by atoms with Gasteiger partial charge in [0, 0.05) is 88.4 Å². The fraction of sp³-hybridized carbons (Fsp3) is 0.467. The molecule has 0 radical (unpaired) electrons. The minimum atomic E-state index is -1.10. The number of imide groups is 2. The van der Waals surface area contributed by atoms with E-state index in [0.717, 1.165) is 54.3 Å². The number of anilines is 1. The van der Waals surface area contributed by atoms with Gasteiger partial charge in [-0.1, -0.05) is 36.8 Å². The number of likely N-dealkylation sites (N-methyl/N-ethyl adjacent to an activating group) is 1. The van der Waals surface area contributed by atoms with Crippen LogP contribution >= 0.6 is 0 Å². The molecule has 0 aliphatic carbocycles. The van der Waals surface area contributed by atoms with Crippen LogP contribution in [0.15, 0.2) is 60.7 Å². The first-order valence-electron chi connectivity index (χ1n) is 20.9. The number of amides is 6. The second-order valence-electron chi connectivity index (χ2n) is 16.4. The summed E-state index contributed by atoms with van der Waals surface area (Å²) in [5.41, 5.74) is 4.23. The Hall–Kier alpha value is -5.67. The third-order valence-electron chi connectivity index (χ3n) is 12.3. The molecule has 3 fully saturated rings. The van der Waals surface area contributed by atoms with Gasteiger partial charge in [0.05, 0.1) is 11.1 Å². The predicted octanol–water partition coefficient (Wildman–Crippen LogP) is 3.47. The summed E-state index contributed by atoms with van der Waals surface area (Å²) in [6.45, 7) is 7.16. The van der Waals surface area contributed by atoms with Crippen molar-refractivity contribution >= 4 is 41.1 Å². The number of likely N-dealkylation sites (tertiary alicyclic amines) is 1. The maximum Gasteiger partial charge on any atom is 0.266 e. The molecule has 0 bridgehead atoms. The third-order valence-corrected chi connectivity index (χ3v) is 12.3. The molecular formula is C45H54FN7O7. The van der Waals surface area contributed by atoms with Crippen molar-refractivity contribution in [2.75, 3.05) is 71.4 Å². The number of ether oxygens (including phenoxy) is 1. The molecule has 7 rings (SSSR count). The van der Waals surface area contributed by atoms with Crippen LogP contribution in [0.1, 0.15) is 81.8 Å². The smallest absolute Gasteiger partial charge is 0.266 e. The minimum absolute atomic E-state index is 0.0132. The molecule has 4 aliphatic heterocycles. The van der Waals surface area contributed by atoms with Crippen molar-refractivity contribution in [2.24, 2.45) is 0 Å². The number of piperazine rings is 1. The number of benzene rings is 3. The summed E-state index contributed by atoms with van der Waals surface area (Å²) in [6, 6.07) is 17.8. The number of piperidine rings is 1. The van der Waals surface area contributed by atoms with Crippen LogP contribution in [0.4, 0.5) is 10.1 Å². The van der Waals surface area contributed by atoms with Crippen LogP contribution in [-0.2, 0) is 25.7 Å². The quantitative estimate of drug-likeness (QED) is 0.172. The predicted molar refractivity (Wildman–Crippen MR) is 222 cm³/mol. The molecule has 3 atom stereocenters. The van der Waals surface area contributed by atoms with Crippen LogP contribution in [0, 0.1) is 12.7 Å². The summed E-state index contributed by atoms with van der Waals surface area (Å²) in [5, 5.41) is 4.96. The summed E-state index contributed by atoms with van der Waals surface area (Å²) in [6.07, 6.45) is 2.63. The fourth-order valence-electron chi connectivity index (χ4n) is 8.85. The normalized spacial score (nSPS) is 20.8. The summed E-state index contributed by atoms with van der Waals surface area (Å²) >= 11 is 0. The number of rotatable bonds is 15. The highest BCUT2D eigenvalue weighted by Crippen LogP contribution is 2.35. The highest BCUT2D eigenvalue weighted by atomic mass is 19.1. The Morgan fingerprint density at radius 2 is 1.65 bits per heavy atom. The Kier molecular flexibility index (Phi) is 13.2. The molecule has 60 heavy (non-hydrogen) atoms. The van der Waals surface area contributed by atoms with Crippen molar-refractivity contribution in [2.45, 2.75) is 70.0 Å². The number of hydrogen-bond donors (Lipinski definition) is 2. The van der Waals surface area contributed by atoms with Crippen molar-refractivity contribution in [3.8, 4) is 5.75 Å². The van der Waals surface area contributed by atoms with E-state index in [1.165, 1.54) is 23.8 Å². The first kappa shape index (κ1) is 42.5. The summed E-state index contributed by atoms with van der Waals surface area (Å²) in [7, 11) is 4.23. The van der Waals surface area contributed by atoms with Crippen molar-refractivity contribution < 1.29 is 37.9 Å². The van der Waals surface area contributed by atoms with E-state index in [-0.39, 0.29) is 48.0 Å². The van der Waals surface area contributed by atoms with Gasteiger partial charge >= 0.3 is 0 Å². The zero-order chi connectivity index (χ0) is 42.5. The number of carbonyl (C=O) groups is 6. The molecule has 6 amide bonds. The Labute approximate surface area is 350 Å². The number of hydrogen-bond acceptors (Lipinski definition) is 10. The van der Waals surface area contributed by atoms with E-state index in [0.29, 0.717) is 57.4 Å². The Balaban J connectivity index is 0.792. The van der Waals surface area contributed by atoms with E-state index in [9.17, 15) is 33.2 Å². The molecule has 3 aromatic carbocycles. The van der Waals surface area contributed by atoms with Crippen LogP contribution in [0.2, 0.25) is 0 Å². The topological polar surface area (TPSA) is 152 Å². The van der Waals surface area contributed by atoms with Crippen LogP contribution in [0.5, 0.6) is 5.75 Å². The average molecular weight is 824 g/mol. The van der Waals surface area contributed by atoms with Gasteiger partial charge in [0.1, 0.15) is 17.6 Å². The van der Waals surface area contributed by atoms with Gasteiger partial charge in [-0.25, -0.2) is 4.39 Å². The molecule has 14 nitrogen and oxygen atoms in total. The number of aryl methyl sites for hydroxylation is 1. The monoisotopic (exact) mass is 823 g/mol. The molecule has 3 saturated heterocycles. The second kappa shape index (κ2) is 18.7. The molecule has 0 saturated carbocycles. The molecule has 0 aromatic heterocycles. The average Bonchev–Trinajstić information content (AvgIpc) is 3.78. The molecule has 2 N–H and O–H groups in total. The van der Waals surface area contributed by atoms with Crippen molar-refractivity contribution in [1.82, 2.24) is 30.2 Å². The van der Waals surface area contributed by atoms with Crippen molar-refractivity contribution in [1.29, 1.82) is 0 Å². The Bertz CT molecular complexity index is 2100. The van der Waals surface area contributed by atoms with E-state index in [2.05, 4.69) is 63.7 Å². The second-order valence-corrected chi connectivity index (χ2v) is 16.4. The van der Waals surface area contributed by atoms with E-state index >= 15 is 0 Å². The van der Waals surface area contributed by atoms with E-state index in [4.69, 9.17) is 4.74 Å². The standard InChI is InChI=1S/C45H54FN7O7/c1-29-9-7-11-35(46)33(29)25-50-26-34(37(27-50)49(2)3)30-14-16-31(17-15-30)51-21-23-52(24-22-51)41(56)13-5-4-6-20-47-40(55)28-60-38-12-8-10-32-42(38)45(59)53(44(32)58)36-18-19-39(54)48-43(36)57/h7-12,14-17,34,36-37H,4-6,13,18-28H2,1-3H3,(H,47,55)(H,48,54,57)/t34-,36?,37+/m1/s1. The zero-order valence-corrected chi connectivity index (χ0v) is 34.6. The number of nitrogens with zero attached hydrogens (tertiary/aromatic N) is 5. The maximum atomic E-state index is 14.6. The van der Waals surface area contributed by atoms with Gasteiger partial charge in [-0.3, -0.25) is 43.9 Å². The molecule has 15 heteroatoms. The lowest BCUT2D eigenvalue weighted by molar-refractivity contribution is -0.136. The first-order chi connectivity index (χ1) is 28.9. The van der Waals surface area contributed by atoms with Crippen LogP contribution in [0.25, 0.3) is 0 Å². The van der Waals surface area contributed by atoms with Crippen LogP contribution in [0.3, 0.4) is 0 Å². The van der Waals surface area contributed by atoms with E-state index < -0.39 is 35.6 Å². The summed E-state index contributed by atoms with van der Waals surface area (Å²) in [4.78, 5) is 85.6. The van der Waals surface area contributed by atoms with Gasteiger partial charge in [-0.05, 0) is 81.7 Å². The van der Waals surface area contributed by atoms with Crippen LogP contribution in [-0.4, -0.2) is 134 Å². The number of carbonyl (C=O) groups excluding carboxylic acids is 6.